The van der Waals surface area contributed by atoms with Crippen LogP contribution in [0.25, 0.3) is 0 Å². The molecule has 1 saturated heterocycles. The average molecular weight is 352 g/mol. The number of aryl methyl sites for hydroxylation is 1. The first-order chi connectivity index (χ1) is 12.8. The van der Waals surface area contributed by atoms with E-state index in [1.807, 2.05) is 11.0 Å². The second-order valence-electron chi connectivity index (χ2n) is 7.60. The monoisotopic (exact) mass is 352 g/mol. The SMILES string of the molecule is O=C1CCCN1CCCc1nc(C2CCCC2)nn1Cc1ccccc1. The summed E-state index contributed by atoms with van der Waals surface area (Å²) in [5, 5.41) is 4.88. The number of likely N-dealkylation sites (tertiary alicyclic amines) is 1. The second kappa shape index (κ2) is 8.02. The minimum Gasteiger partial charge on any atom is -0.343 e. The number of amides is 1. The molecule has 0 unspecified atom stereocenters. The van der Waals surface area contributed by atoms with Crippen LogP contribution >= 0.6 is 0 Å². The molecular weight excluding hydrogens is 324 g/mol. The zero-order chi connectivity index (χ0) is 17.8. The molecule has 4 rings (SSSR count). The van der Waals surface area contributed by atoms with E-state index < -0.39 is 0 Å². The fraction of sp³-hybridized carbons (Fsp3) is 0.571. The molecule has 1 aliphatic heterocycles. The van der Waals surface area contributed by atoms with Gasteiger partial charge in [0.15, 0.2) is 5.82 Å². The number of benzene rings is 1. The summed E-state index contributed by atoms with van der Waals surface area (Å²) >= 11 is 0. The molecule has 0 radical (unpaired) electrons. The van der Waals surface area contributed by atoms with Crippen molar-refractivity contribution in [1.29, 1.82) is 0 Å². The number of aromatic nitrogens is 3. The number of carbonyl (C=O) groups excluding carboxylic acids is 1. The molecule has 1 aliphatic carbocycles. The standard InChI is InChI=1S/C21H28N4O/c26-20-13-7-15-24(20)14-6-12-19-22-21(18-10-4-5-11-18)23-25(19)16-17-8-2-1-3-9-17/h1-3,8-9,18H,4-7,10-16H2. The topological polar surface area (TPSA) is 51.0 Å². The third-order valence-corrected chi connectivity index (χ3v) is 5.66. The van der Waals surface area contributed by atoms with Crippen molar-refractivity contribution in [2.45, 2.75) is 63.8 Å². The quantitative estimate of drug-likeness (QED) is 0.766. The zero-order valence-corrected chi connectivity index (χ0v) is 15.4. The van der Waals surface area contributed by atoms with Crippen molar-refractivity contribution in [2.75, 3.05) is 13.1 Å². The van der Waals surface area contributed by atoms with Crippen molar-refractivity contribution in [2.24, 2.45) is 0 Å². The van der Waals surface area contributed by atoms with Gasteiger partial charge in [-0.2, -0.15) is 5.10 Å². The van der Waals surface area contributed by atoms with Gasteiger partial charge in [-0.05, 0) is 31.2 Å². The van der Waals surface area contributed by atoms with E-state index in [4.69, 9.17) is 10.1 Å². The Hall–Kier alpha value is -2.17. The normalized spacial score (nSPS) is 18.2. The number of nitrogens with zero attached hydrogens (tertiary/aromatic N) is 4. The molecule has 1 saturated carbocycles. The summed E-state index contributed by atoms with van der Waals surface area (Å²) in [5.74, 6) is 2.95. The van der Waals surface area contributed by atoms with Gasteiger partial charge in [0.1, 0.15) is 5.82 Å². The molecule has 1 amide bonds. The fourth-order valence-corrected chi connectivity index (χ4v) is 4.19. The van der Waals surface area contributed by atoms with Crippen LogP contribution in [0.5, 0.6) is 0 Å². The molecule has 0 atom stereocenters. The van der Waals surface area contributed by atoms with Crippen molar-refractivity contribution in [3.63, 3.8) is 0 Å². The molecule has 138 valence electrons. The molecule has 1 aromatic carbocycles. The Morgan fingerprint density at radius 2 is 1.88 bits per heavy atom. The Balaban J connectivity index is 1.46. The predicted octanol–water partition coefficient (Wildman–Crippen LogP) is 3.54. The zero-order valence-electron chi connectivity index (χ0n) is 15.4. The summed E-state index contributed by atoms with van der Waals surface area (Å²) in [6, 6.07) is 10.5. The highest BCUT2D eigenvalue weighted by Crippen LogP contribution is 2.32. The van der Waals surface area contributed by atoms with Gasteiger partial charge in [-0.15, -0.1) is 0 Å². The van der Waals surface area contributed by atoms with Gasteiger partial charge in [-0.3, -0.25) is 4.79 Å². The molecule has 1 aromatic heterocycles. The van der Waals surface area contributed by atoms with Crippen LogP contribution in [-0.2, 0) is 17.8 Å². The van der Waals surface area contributed by atoms with Crippen molar-refractivity contribution in [3.05, 3.63) is 47.5 Å². The van der Waals surface area contributed by atoms with Crippen LogP contribution in [0.2, 0.25) is 0 Å². The van der Waals surface area contributed by atoms with E-state index in [1.165, 1.54) is 31.2 Å². The fourth-order valence-electron chi connectivity index (χ4n) is 4.19. The lowest BCUT2D eigenvalue weighted by molar-refractivity contribution is -0.127. The molecule has 2 aliphatic rings. The van der Waals surface area contributed by atoms with Gasteiger partial charge < -0.3 is 4.90 Å². The molecule has 0 spiro atoms. The van der Waals surface area contributed by atoms with Crippen LogP contribution in [-0.4, -0.2) is 38.7 Å². The van der Waals surface area contributed by atoms with Crippen LogP contribution in [0, 0.1) is 0 Å². The third-order valence-electron chi connectivity index (χ3n) is 5.66. The van der Waals surface area contributed by atoms with Crippen LogP contribution in [0.3, 0.4) is 0 Å². The summed E-state index contributed by atoms with van der Waals surface area (Å²) < 4.78 is 2.09. The third kappa shape index (κ3) is 3.97. The Kier molecular flexibility index (Phi) is 5.32. The first-order valence-electron chi connectivity index (χ1n) is 10.0. The van der Waals surface area contributed by atoms with Gasteiger partial charge in [0.25, 0.3) is 0 Å². The molecule has 26 heavy (non-hydrogen) atoms. The van der Waals surface area contributed by atoms with E-state index in [9.17, 15) is 4.79 Å². The van der Waals surface area contributed by atoms with Gasteiger partial charge >= 0.3 is 0 Å². The first-order valence-corrected chi connectivity index (χ1v) is 10.0. The molecule has 0 bridgehead atoms. The minimum atomic E-state index is 0.308. The molecule has 5 heteroatoms. The molecule has 5 nitrogen and oxygen atoms in total. The van der Waals surface area contributed by atoms with Crippen molar-refractivity contribution < 1.29 is 4.79 Å². The summed E-state index contributed by atoms with van der Waals surface area (Å²) in [6.07, 6.45) is 8.60. The van der Waals surface area contributed by atoms with Crippen molar-refractivity contribution in [1.82, 2.24) is 19.7 Å². The lowest BCUT2D eigenvalue weighted by atomic mass is 10.1. The van der Waals surface area contributed by atoms with Crippen LogP contribution in [0.1, 0.15) is 68.1 Å². The maximum Gasteiger partial charge on any atom is 0.222 e. The minimum absolute atomic E-state index is 0.308. The number of hydrogen-bond acceptors (Lipinski definition) is 3. The largest absolute Gasteiger partial charge is 0.343 e. The smallest absolute Gasteiger partial charge is 0.222 e. The first kappa shape index (κ1) is 17.3. The molecule has 2 fully saturated rings. The number of carbonyl (C=O) groups is 1. The van der Waals surface area contributed by atoms with Gasteiger partial charge in [0.2, 0.25) is 5.91 Å². The maximum atomic E-state index is 11.8. The summed E-state index contributed by atoms with van der Waals surface area (Å²) in [4.78, 5) is 18.7. The lowest BCUT2D eigenvalue weighted by Gasteiger charge is -2.15. The highest BCUT2D eigenvalue weighted by Gasteiger charge is 2.23. The molecular formula is C21H28N4O. The highest BCUT2D eigenvalue weighted by molar-refractivity contribution is 5.77. The van der Waals surface area contributed by atoms with E-state index in [0.717, 1.165) is 57.0 Å². The van der Waals surface area contributed by atoms with E-state index >= 15 is 0 Å². The van der Waals surface area contributed by atoms with Gasteiger partial charge in [0.05, 0.1) is 6.54 Å². The van der Waals surface area contributed by atoms with Gasteiger partial charge in [-0.25, -0.2) is 9.67 Å². The van der Waals surface area contributed by atoms with Crippen LogP contribution < -0.4 is 0 Å². The highest BCUT2D eigenvalue weighted by atomic mass is 16.2. The lowest BCUT2D eigenvalue weighted by Crippen LogP contribution is -2.26. The van der Waals surface area contributed by atoms with E-state index in [1.54, 1.807) is 0 Å². The summed E-state index contributed by atoms with van der Waals surface area (Å²) in [6.45, 7) is 2.54. The van der Waals surface area contributed by atoms with E-state index in [-0.39, 0.29) is 0 Å². The van der Waals surface area contributed by atoms with Crippen molar-refractivity contribution >= 4 is 5.91 Å². The maximum absolute atomic E-state index is 11.8. The molecule has 2 aromatic rings. The Labute approximate surface area is 155 Å². The van der Waals surface area contributed by atoms with Gasteiger partial charge in [-0.1, -0.05) is 43.2 Å². The molecule has 2 heterocycles. The van der Waals surface area contributed by atoms with E-state index in [2.05, 4.69) is 28.9 Å². The Morgan fingerprint density at radius 1 is 1.08 bits per heavy atom. The van der Waals surface area contributed by atoms with Crippen LogP contribution in [0.4, 0.5) is 0 Å². The van der Waals surface area contributed by atoms with Crippen LogP contribution in [0.15, 0.2) is 30.3 Å². The van der Waals surface area contributed by atoms with Crippen molar-refractivity contribution in [3.8, 4) is 0 Å². The second-order valence-corrected chi connectivity index (χ2v) is 7.60. The van der Waals surface area contributed by atoms with E-state index in [0.29, 0.717) is 11.8 Å². The Bertz CT molecular complexity index is 734. The Morgan fingerprint density at radius 3 is 2.62 bits per heavy atom. The summed E-state index contributed by atoms with van der Waals surface area (Å²) in [7, 11) is 0. The van der Waals surface area contributed by atoms with Gasteiger partial charge in [0, 0.05) is 31.8 Å². The molecule has 0 N–H and O–H groups in total. The summed E-state index contributed by atoms with van der Waals surface area (Å²) in [5.41, 5.74) is 1.26. The average Bonchev–Trinajstić information content (AvgIpc) is 3.39. The predicted molar refractivity (Wildman–Crippen MR) is 101 cm³/mol. The number of rotatable bonds is 7. The number of hydrogen-bond donors (Lipinski definition) is 0.